The molecule has 2 rings (SSSR count). The molecule has 0 fully saturated rings. The molecular formula is C9H8ClN3S2. The molecule has 15 heavy (non-hydrogen) atoms. The van der Waals surface area contributed by atoms with E-state index in [1.807, 2.05) is 24.3 Å². The molecule has 0 aliphatic rings. The maximum atomic E-state index is 5.89. The van der Waals surface area contributed by atoms with Crippen LogP contribution in [0.15, 0.2) is 29.2 Å². The van der Waals surface area contributed by atoms with Gasteiger partial charge in [-0.3, -0.25) is 0 Å². The molecule has 0 radical (unpaired) electrons. The number of anilines is 1. The van der Waals surface area contributed by atoms with Gasteiger partial charge in [-0.15, -0.1) is 16.9 Å². The zero-order valence-electron chi connectivity index (χ0n) is 7.68. The van der Waals surface area contributed by atoms with Crippen molar-refractivity contribution in [3.63, 3.8) is 0 Å². The number of nitrogen functional groups attached to an aromatic ring is 1. The number of hydrogen-bond acceptors (Lipinski definition) is 5. The molecule has 2 N–H and O–H groups in total. The number of rotatable bonds is 3. The van der Waals surface area contributed by atoms with Crippen LogP contribution in [0.3, 0.4) is 0 Å². The van der Waals surface area contributed by atoms with Crippen LogP contribution in [-0.4, -0.2) is 9.59 Å². The summed E-state index contributed by atoms with van der Waals surface area (Å²) in [6, 6.07) is 7.73. The van der Waals surface area contributed by atoms with Crippen molar-refractivity contribution in [2.75, 3.05) is 5.73 Å². The van der Waals surface area contributed by atoms with Gasteiger partial charge >= 0.3 is 0 Å². The van der Waals surface area contributed by atoms with Crippen LogP contribution in [0.25, 0.3) is 0 Å². The van der Waals surface area contributed by atoms with E-state index in [2.05, 4.69) is 9.59 Å². The van der Waals surface area contributed by atoms with E-state index in [9.17, 15) is 0 Å². The summed E-state index contributed by atoms with van der Waals surface area (Å²) in [6.07, 6.45) is 0. The minimum Gasteiger partial charge on any atom is -0.398 e. The fourth-order valence-electron chi connectivity index (χ4n) is 1.04. The SMILES string of the molecule is Nc1ccccc1SCc1nnsc1Cl. The summed E-state index contributed by atoms with van der Waals surface area (Å²) < 4.78 is 4.42. The predicted octanol–water partition coefficient (Wildman–Crippen LogP) is 3.07. The molecule has 78 valence electrons. The fraction of sp³-hybridized carbons (Fsp3) is 0.111. The third-order valence-electron chi connectivity index (χ3n) is 1.79. The Labute approximate surface area is 101 Å². The Balaban J connectivity index is 2.06. The van der Waals surface area contributed by atoms with E-state index in [1.165, 1.54) is 11.5 Å². The number of benzene rings is 1. The Morgan fingerprint density at radius 2 is 2.20 bits per heavy atom. The van der Waals surface area contributed by atoms with E-state index < -0.39 is 0 Å². The van der Waals surface area contributed by atoms with Gasteiger partial charge in [0.1, 0.15) is 10.0 Å². The number of thioether (sulfide) groups is 1. The van der Waals surface area contributed by atoms with Gasteiger partial charge in [-0.25, -0.2) is 0 Å². The number of halogens is 1. The number of hydrogen-bond donors (Lipinski definition) is 1. The third kappa shape index (κ3) is 2.62. The lowest BCUT2D eigenvalue weighted by Gasteiger charge is -2.02. The number of nitrogens with two attached hydrogens (primary N) is 1. The summed E-state index contributed by atoms with van der Waals surface area (Å²) in [4.78, 5) is 1.04. The zero-order chi connectivity index (χ0) is 10.7. The summed E-state index contributed by atoms with van der Waals surface area (Å²) in [5.74, 6) is 0.698. The molecule has 0 saturated heterocycles. The number of aromatic nitrogens is 2. The van der Waals surface area contributed by atoms with Crippen LogP contribution in [0.2, 0.25) is 4.34 Å². The molecule has 0 saturated carbocycles. The van der Waals surface area contributed by atoms with Crippen molar-refractivity contribution in [2.24, 2.45) is 0 Å². The topological polar surface area (TPSA) is 51.8 Å². The molecular weight excluding hydrogens is 250 g/mol. The van der Waals surface area contributed by atoms with Crippen molar-refractivity contribution in [1.82, 2.24) is 9.59 Å². The monoisotopic (exact) mass is 257 g/mol. The fourth-order valence-corrected chi connectivity index (χ4v) is 2.74. The predicted molar refractivity (Wildman–Crippen MR) is 65.3 cm³/mol. The molecule has 0 aliphatic heterocycles. The largest absolute Gasteiger partial charge is 0.398 e. The van der Waals surface area contributed by atoms with Crippen LogP contribution in [0, 0.1) is 0 Å². The molecule has 3 nitrogen and oxygen atoms in total. The second kappa shape index (κ2) is 4.83. The van der Waals surface area contributed by atoms with Gasteiger partial charge in [-0.05, 0) is 12.1 Å². The molecule has 0 unspecified atom stereocenters. The van der Waals surface area contributed by atoms with Crippen LogP contribution in [-0.2, 0) is 5.75 Å². The van der Waals surface area contributed by atoms with Crippen molar-refractivity contribution < 1.29 is 0 Å². The maximum Gasteiger partial charge on any atom is 0.138 e. The first-order valence-corrected chi connectivity index (χ1v) is 6.35. The Morgan fingerprint density at radius 1 is 1.40 bits per heavy atom. The van der Waals surface area contributed by atoms with E-state index in [0.29, 0.717) is 10.1 Å². The van der Waals surface area contributed by atoms with Gasteiger partial charge in [-0.1, -0.05) is 28.2 Å². The lowest BCUT2D eigenvalue weighted by Crippen LogP contribution is -1.88. The second-order valence-electron chi connectivity index (χ2n) is 2.82. The summed E-state index contributed by atoms with van der Waals surface area (Å²) in [7, 11) is 0. The van der Waals surface area contributed by atoms with Gasteiger partial charge < -0.3 is 5.73 Å². The van der Waals surface area contributed by atoms with Gasteiger partial charge in [-0.2, -0.15) is 0 Å². The van der Waals surface area contributed by atoms with Crippen LogP contribution in [0.4, 0.5) is 5.69 Å². The molecule has 2 aromatic rings. The second-order valence-corrected chi connectivity index (χ2v) is 5.19. The molecule has 0 amide bonds. The van der Waals surface area contributed by atoms with Crippen LogP contribution in [0.1, 0.15) is 5.69 Å². The first-order valence-electron chi connectivity index (χ1n) is 4.21. The molecule has 0 aliphatic carbocycles. The van der Waals surface area contributed by atoms with Gasteiger partial charge in [0.05, 0.1) is 0 Å². The minimum atomic E-state index is 0.650. The first-order chi connectivity index (χ1) is 7.27. The van der Waals surface area contributed by atoms with E-state index in [4.69, 9.17) is 17.3 Å². The van der Waals surface area contributed by atoms with Gasteiger partial charge in [0.25, 0.3) is 0 Å². The van der Waals surface area contributed by atoms with Gasteiger partial charge in [0.2, 0.25) is 0 Å². The average molecular weight is 258 g/mol. The standard InChI is InChI=1S/C9H8ClN3S2/c10-9-7(12-13-15-9)5-14-8-4-2-1-3-6(8)11/h1-4H,5,11H2. The van der Waals surface area contributed by atoms with Gasteiger partial charge in [0, 0.05) is 27.9 Å². The molecule has 0 atom stereocenters. The van der Waals surface area contributed by atoms with Gasteiger partial charge in [0.15, 0.2) is 0 Å². The maximum absolute atomic E-state index is 5.89. The van der Waals surface area contributed by atoms with Crippen molar-refractivity contribution in [3.05, 3.63) is 34.3 Å². The smallest absolute Gasteiger partial charge is 0.138 e. The van der Waals surface area contributed by atoms with Crippen molar-refractivity contribution in [3.8, 4) is 0 Å². The normalized spacial score (nSPS) is 10.5. The highest BCUT2D eigenvalue weighted by molar-refractivity contribution is 7.98. The number of para-hydroxylation sites is 1. The highest BCUT2D eigenvalue weighted by Crippen LogP contribution is 2.30. The number of nitrogens with zero attached hydrogens (tertiary/aromatic N) is 2. The summed E-state index contributed by atoms with van der Waals surface area (Å²) in [6.45, 7) is 0. The highest BCUT2D eigenvalue weighted by Gasteiger charge is 2.06. The minimum absolute atomic E-state index is 0.650. The molecule has 0 bridgehead atoms. The van der Waals surface area contributed by atoms with Crippen molar-refractivity contribution >= 4 is 40.6 Å². The summed E-state index contributed by atoms with van der Waals surface area (Å²) in [5.41, 5.74) is 7.41. The van der Waals surface area contributed by atoms with E-state index >= 15 is 0 Å². The molecule has 6 heteroatoms. The lowest BCUT2D eigenvalue weighted by molar-refractivity contribution is 1.07. The zero-order valence-corrected chi connectivity index (χ0v) is 10.1. The van der Waals surface area contributed by atoms with E-state index in [0.717, 1.165) is 16.3 Å². The Morgan fingerprint density at radius 3 is 2.87 bits per heavy atom. The van der Waals surface area contributed by atoms with Crippen LogP contribution in [0.5, 0.6) is 0 Å². The third-order valence-corrected chi connectivity index (χ3v) is 3.88. The lowest BCUT2D eigenvalue weighted by atomic mass is 10.3. The van der Waals surface area contributed by atoms with Crippen LogP contribution < -0.4 is 5.73 Å². The summed E-state index contributed by atoms with van der Waals surface area (Å²) in [5, 5.41) is 3.94. The van der Waals surface area contributed by atoms with E-state index in [-0.39, 0.29) is 0 Å². The molecule has 1 heterocycles. The molecule has 1 aromatic carbocycles. The first kappa shape index (κ1) is 10.7. The quantitative estimate of drug-likeness (QED) is 0.678. The van der Waals surface area contributed by atoms with Crippen LogP contribution >= 0.6 is 34.9 Å². The van der Waals surface area contributed by atoms with E-state index in [1.54, 1.807) is 11.8 Å². The Kier molecular flexibility index (Phi) is 3.45. The summed E-state index contributed by atoms with van der Waals surface area (Å²) >= 11 is 8.71. The molecule has 0 spiro atoms. The Hall–Kier alpha value is -0.780. The average Bonchev–Trinajstić information content (AvgIpc) is 2.63. The van der Waals surface area contributed by atoms with Crippen molar-refractivity contribution in [2.45, 2.75) is 10.6 Å². The highest BCUT2D eigenvalue weighted by atomic mass is 35.5. The molecule has 1 aromatic heterocycles. The Bertz CT molecular complexity index is 458. The van der Waals surface area contributed by atoms with Crippen molar-refractivity contribution in [1.29, 1.82) is 0 Å².